The number of rotatable bonds is 8. The Morgan fingerprint density at radius 3 is 2.35 bits per heavy atom. The average Bonchev–Trinajstić information content (AvgIpc) is 3.19. The zero-order valence-electron chi connectivity index (χ0n) is 23.5. The number of aliphatic hydroxyl groups is 2. The molecule has 212 valence electrons. The van der Waals surface area contributed by atoms with Gasteiger partial charge in [-0.15, -0.1) is 0 Å². The summed E-state index contributed by atoms with van der Waals surface area (Å²) in [6.45, 7) is 11.0. The van der Waals surface area contributed by atoms with E-state index in [4.69, 9.17) is 16.3 Å². The summed E-state index contributed by atoms with van der Waals surface area (Å²) in [6.07, 6.45) is 9.08. The highest BCUT2D eigenvalue weighted by Gasteiger charge is 2.62. The molecule has 4 rings (SSSR count). The minimum atomic E-state index is -0.677. The second-order valence-corrected chi connectivity index (χ2v) is 14.0. The van der Waals surface area contributed by atoms with Gasteiger partial charge < -0.3 is 20.3 Å². The minimum Gasteiger partial charge on any atom is -0.448 e. The van der Waals surface area contributed by atoms with Crippen LogP contribution in [0.5, 0.6) is 0 Å². The Labute approximate surface area is 228 Å². The molecular weight excluding hydrogens is 490 g/mol. The maximum atomic E-state index is 12.8. The van der Waals surface area contributed by atoms with Crippen molar-refractivity contribution in [3.8, 4) is 0 Å². The summed E-state index contributed by atoms with van der Waals surface area (Å²) in [5.41, 5.74) is 0.434. The third-order valence-corrected chi connectivity index (χ3v) is 11.8. The van der Waals surface area contributed by atoms with Gasteiger partial charge in [0.1, 0.15) is 6.04 Å². The second kappa shape index (κ2) is 11.3. The standard InChI is InChI=1S/C30H50ClNO5/c1-17(2)27(28(36)37-16-31)32-25(35)9-6-18(3)21-7-8-22-26-23(11-13-30(21,22)5)29(4)12-10-20(33)14-19(29)15-24(26)34/h17-24,26-27,33-34H,6-16H2,1-5H3,(H,32,35)/t18-,19+,20-,21-,22+,23?,24-,26+,27+,29+,30-/m1/s1. The van der Waals surface area contributed by atoms with Gasteiger partial charge in [0.25, 0.3) is 0 Å². The Kier molecular flexibility index (Phi) is 8.92. The van der Waals surface area contributed by atoms with Crippen molar-refractivity contribution in [2.75, 3.05) is 6.07 Å². The molecule has 0 aromatic heterocycles. The largest absolute Gasteiger partial charge is 0.448 e. The van der Waals surface area contributed by atoms with Crippen molar-refractivity contribution < 1.29 is 24.5 Å². The maximum absolute atomic E-state index is 12.8. The van der Waals surface area contributed by atoms with Crippen molar-refractivity contribution in [2.24, 2.45) is 52.3 Å². The highest BCUT2D eigenvalue weighted by molar-refractivity contribution is 6.17. The molecule has 0 saturated heterocycles. The number of aliphatic hydroxyl groups excluding tert-OH is 2. The first-order valence-corrected chi connectivity index (χ1v) is 15.3. The average molecular weight is 540 g/mol. The molecule has 0 radical (unpaired) electrons. The van der Waals surface area contributed by atoms with E-state index in [1.165, 1.54) is 19.3 Å². The first-order valence-electron chi connectivity index (χ1n) is 14.8. The van der Waals surface area contributed by atoms with Crippen molar-refractivity contribution in [1.29, 1.82) is 0 Å². The van der Waals surface area contributed by atoms with Crippen LogP contribution in [0.1, 0.15) is 98.8 Å². The zero-order valence-corrected chi connectivity index (χ0v) is 24.3. The van der Waals surface area contributed by atoms with Crippen LogP contribution in [0, 0.1) is 52.3 Å². The second-order valence-electron chi connectivity index (χ2n) is 13.8. The van der Waals surface area contributed by atoms with E-state index in [0.717, 1.165) is 38.5 Å². The van der Waals surface area contributed by atoms with Crippen LogP contribution in [-0.4, -0.2) is 46.4 Å². The molecule has 6 nitrogen and oxygen atoms in total. The number of carbonyl (C=O) groups is 2. The Morgan fingerprint density at radius 1 is 1.00 bits per heavy atom. The van der Waals surface area contributed by atoms with Gasteiger partial charge in [0.05, 0.1) is 12.2 Å². The van der Waals surface area contributed by atoms with Gasteiger partial charge in [-0.2, -0.15) is 0 Å². The highest BCUT2D eigenvalue weighted by atomic mass is 35.5. The van der Waals surface area contributed by atoms with Gasteiger partial charge in [-0.05, 0) is 110 Å². The number of hydrogen-bond acceptors (Lipinski definition) is 5. The molecule has 4 fully saturated rings. The topological polar surface area (TPSA) is 95.9 Å². The van der Waals surface area contributed by atoms with Crippen LogP contribution in [0.4, 0.5) is 0 Å². The number of fused-ring (bicyclic) bond motifs is 5. The number of hydrogen-bond donors (Lipinski definition) is 3. The fraction of sp³-hybridized carbons (Fsp3) is 0.933. The smallest absolute Gasteiger partial charge is 0.330 e. The maximum Gasteiger partial charge on any atom is 0.330 e. The summed E-state index contributed by atoms with van der Waals surface area (Å²) in [4.78, 5) is 25.0. The summed E-state index contributed by atoms with van der Waals surface area (Å²) in [7, 11) is 0. The normalized spacial score (nSPS) is 42.8. The number of amides is 1. The molecule has 1 unspecified atom stereocenters. The molecule has 0 aromatic rings. The lowest BCUT2D eigenvalue weighted by molar-refractivity contribution is -0.174. The first-order chi connectivity index (χ1) is 17.4. The highest BCUT2D eigenvalue weighted by Crippen LogP contribution is 2.68. The molecule has 7 heteroatoms. The lowest BCUT2D eigenvalue weighted by atomic mass is 9.43. The van der Waals surface area contributed by atoms with Gasteiger partial charge >= 0.3 is 5.97 Å². The summed E-state index contributed by atoms with van der Waals surface area (Å²) in [5, 5.41) is 24.6. The van der Waals surface area contributed by atoms with E-state index in [0.29, 0.717) is 41.9 Å². The van der Waals surface area contributed by atoms with Crippen molar-refractivity contribution in [3.63, 3.8) is 0 Å². The van der Waals surface area contributed by atoms with Crippen LogP contribution in [0.3, 0.4) is 0 Å². The lowest BCUT2D eigenvalue weighted by Gasteiger charge is -2.62. The monoisotopic (exact) mass is 539 g/mol. The van der Waals surface area contributed by atoms with Crippen molar-refractivity contribution in [1.82, 2.24) is 5.32 Å². The van der Waals surface area contributed by atoms with Crippen molar-refractivity contribution in [2.45, 2.75) is 117 Å². The molecule has 1 amide bonds. The van der Waals surface area contributed by atoms with E-state index >= 15 is 0 Å². The minimum absolute atomic E-state index is 0.0717. The molecule has 0 bridgehead atoms. The van der Waals surface area contributed by atoms with E-state index < -0.39 is 12.0 Å². The van der Waals surface area contributed by atoms with E-state index in [-0.39, 0.29) is 40.9 Å². The Bertz CT molecular complexity index is 837. The molecule has 0 aliphatic heterocycles. The van der Waals surface area contributed by atoms with Gasteiger partial charge in [-0.3, -0.25) is 4.79 Å². The number of esters is 1. The molecule has 11 atom stereocenters. The summed E-state index contributed by atoms with van der Waals surface area (Å²) >= 11 is 5.54. The van der Waals surface area contributed by atoms with Crippen molar-refractivity contribution >= 4 is 23.5 Å². The fourth-order valence-electron chi connectivity index (χ4n) is 9.62. The van der Waals surface area contributed by atoms with Gasteiger partial charge in [0.2, 0.25) is 5.91 Å². The Hall–Kier alpha value is -0.850. The summed E-state index contributed by atoms with van der Waals surface area (Å²) in [5.74, 6) is 2.15. The van der Waals surface area contributed by atoms with Crippen LogP contribution < -0.4 is 5.32 Å². The quantitative estimate of drug-likeness (QED) is 0.288. The predicted octanol–water partition coefficient (Wildman–Crippen LogP) is 5.27. The van der Waals surface area contributed by atoms with Gasteiger partial charge in [0, 0.05) is 6.42 Å². The van der Waals surface area contributed by atoms with E-state index in [1.807, 2.05) is 13.8 Å². The molecule has 4 aliphatic carbocycles. The number of ether oxygens (including phenoxy) is 1. The van der Waals surface area contributed by atoms with Crippen LogP contribution in [-0.2, 0) is 14.3 Å². The van der Waals surface area contributed by atoms with Crippen LogP contribution in [0.2, 0.25) is 0 Å². The predicted molar refractivity (Wildman–Crippen MR) is 145 cm³/mol. The molecule has 0 spiro atoms. The number of alkyl halides is 1. The molecule has 3 N–H and O–H groups in total. The third kappa shape index (κ3) is 5.45. The van der Waals surface area contributed by atoms with E-state index in [9.17, 15) is 19.8 Å². The van der Waals surface area contributed by atoms with Crippen LogP contribution >= 0.6 is 11.6 Å². The van der Waals surface area contributed by atoms with Crippen LogP contribution in [0.25, 0.3) is 0 Å². The summed E-state index contributed by atoms with van der Waals surface area (Å²) in [6, 6.07) is -0.890. The Morgan fingerprint density at radius 2 is 1.68 bits per heavy atom. The lowest BCUT2D eigenvalue weighted by Crippen LogP contribution is -2.58. The molecule has 0 aromatic carbocycles. The number of halogens is 1. The molecular formula is C30H50ClNO5. The summed E-state index contributed by atoms with van der Waals surface area (Å²) < 4.78 is 4.92. The van der Waals surface area contributed by atoms with E-state index in [1.54, 1.807) is 0 Å². The number of nitrogens with one attached hydrogen (secondary N) is 1. The van der Waals surface area contributed by atoms with Crippen molar-refractivity contribution in [3.05, 3.63) is 0 Å². The van der Waals surface area contributed by atoms with Gasteiger partial charge in [-0.25, -0.2) is 4.79 Å². The Balaban J connectivity index is 1.39. The third-order valence-electron chi connectivity index (χ3n) is 11.7. The fourth-order valence-corrected chi connectivity index (χ4v) is 9.73. The molecule has 4 saturated carbocycles. The van der Waals surface area contributed by atoms with Crippen LogP contribution in [0.15, 0.2) is 0 Å². The first kappa shape index (κ1) is 29.1. The SMILES string of the molecule is CC(C)[C@H](NC(=O)CC[C@@H](C)[C@H]1CC[C@H]2[C@H]3C(CC[C@]12C)[C@@]1(C)CC[C@@H](O)C[C@H]1C[C@H]3O)C(=O)OCCl. The molecule has 4 aliphatic rings. The van der Waals surface area contributed by atoms with E-state index in [2.05, 4.69) is 26.1 Å². The van der Waals surface area contributed by atoms with Gasteiger partial charge in [-0.1, -0.05) is 46.2 Å². The zero-order chi connectivity index (χ0) is 27.1. The molecule has 0 heterocycles. The number of carbonyl (C=O) groups excluding carboxylic acids is 2. The molecule has 37 heavy (non-hydrogen) atoms. The van der Waals surface area contributed by atoms with Gasteiger partial charge in [0.15, 0.2) is 6.07 Å².